The van der Waals surface area contributed by atoms with Crippen molar-refractivity contribution in [3.05, 3.63) is 53.9 Å². The zero-order valence-corrected chi connectivity index (χ0v) is 11.7. The standard InChI is InChI=1S/C15H15NO2S/c1-11(17)12-3-4-15(18-2)13(9-12)10-19-14-5-7-16-8-6-14/h3-9H,10H2,1-2H3. The van der Waals surface area contributed by atoms with Gasteiger partial charge < -0.3 is 4.74 Å². The van der Waals surface area contributed by atoms with Gasteiger partial charge in [-0.3, -0.25) is 9.78 Å². The average molecular weight is 273 g/mol. The van der Waals surface area contributed by atoms with E-state index in [1.807, 2.05) is 24.3 Å². The van der Waals surface area contributed by atoms with E-state index in [2.05, 4.69) is 4.98 Å². The summed E-state index contributed by atoms with van der Waals surface area (Å²) >= 11 is 1.69. The number of thioether (sulfide) groups is 1. The first-order chi connectivity index (χ1) is 9.20. The molecule has 1 aromatic carbocycles. The number of pyridine rings is 1. The number of carbonyl (C=O) groups excluding carboxylic acids is 1. The molecule has 4 heteroatoms. The summed E-state index contributed by atoms with van der Waals surface area (Å²) in [6.45, 7) is 1.57. The van der Waals surface area contributed by atoms with Gasteiger partial charge in [-0.25, -0.2) is 0 Å². The molecule has 1 aromatic heterocycles. The number of hydrogen-bond donors (Lipinski definition) is 0. The Hall–Kier alpha value is -1.81. The molecule has 0 amide bonds. The number of benzene rings is 1. The molecular weight excluding hydrogens is 258 g/mol. The largest absolute Gasteiger partial charge is 0.496 e. The summed E-state index contributed by atoms with van der Waals surface area (Å²) < 4.78 is 5.33. The number of carbonyl (C=O) groups is 1. The summed E-state index contributed by atoms with van der Waals surface area (Å²) in [6, 6.07) is 9.47. The second-order valence-electron chi connectivity index (χ2n) is 4.05. The van der Waals surface area contributed by atoms with Gasteiger partial charge in [0.05, 0.1) is 7.11 Å². The summed E-state index contributed by atoms with van der Waals surface area (Å²) in [4.78, 5) is 16.5. The highest BCUT2D eigenvalue weighted by Gasteiger charge is 2.07. The summed E-state index contributed by atoms with van der Waals surface area (Å²) in [5.74, 6) is 1.64. The Morgan fingerprint density at radius 2 is 2.00 bits per heavy atom. The molecule has 0 spiro atoms. The lowest BCUT2D eigenvalue weighted by Crippen LogP contribution is -1.96. The molecule has 0 aliphatic carbocycles. The van der Waals surface area contributed by atoms with Crippen LogP contribution in [-0.4, -0.2) is 17.9 Å². The second kappa shape index (κ2) is 6.38. The molecule has 2 aromatic rings. The quantitative estimate of drug-likeness (QED) is 0.616. The van der Waals surface area contributed by atoms with E-state index in [0.717, 1.165) is 22.0 Å². The van der Waals surface area contributed by atoms with Crippen LogP contribution in [0.15, 0.2) is 47.6 Å². The molecule has 3 nitrogen and oxygen atoms in total. The van der Waals surface area contributed by atoms with Gasteiger partial charge in [-0.1, -0.05) is 0 Å². The summed E-state index contributed by atoms with van der Waals surface area (Å²) in [6.07, 6.45) is 3.54. The van der Waals surface area contributed by atoms with Crippen molar-refractivity contribution in [3.63, 3.8) is 0 Å². The van der Waals surface area contributed by atoms with E-state index in [9.17, 15) is 4.79 Å². The number of methoxy groups -OCH3 is 1. The molecule has 0 saturated carbocycles. The molecule has 0 fully saturated rings. The van der Waals surface area contributed by atoms with Crippen molar-refractivity contribution in [3.8, 4) is 5.75 Å². The van der Waals surface area contributed by atoms with Crippen LogP contribution in [0.5, 0.6) is 5.75 Å². The fourth-order valence-electron chi connectivity index (χ4n) is 1.71. The number of hydrogen-bond acceptors (Lipinski definition) is 4. The van der Waals surface area contributed by atoms with Crippen molar-refractivity contribution >= 4 is 17.5 Å². The van der Waals surface area contributed by atoms with Crippen LogP contribution in [0.3, 0.4) is 0 Å². The van der Waals surface area contributed by atoms with Crippen LogP contribution in [0.25, 0.3) is 0 Å². The first-order valence-corrected chi connectivity index (χ1v) is 6.90. The predicted octanol–water partition coefficient (Wildman–Crippen LogP) is 3.59. The van der Waals surface area contributed by atoms with Crippen LogP contribution in [-0.2, 0) is 5.75 Å². The van der Waals surface area contributed by atoms with Crippen LogP contribution in [0.4, 0.5) is 0 Å². The van der Waals surface area contributed by atoms with E-state index in [4.69, 9.17) is 4.74 Å². The van der Waals surface area contributed by atoms with E-state index in [1.54, 1.807) is 44.3 Å². The van der Waals surface area contributed by atoms with Gasteiger partial charge in [-0.2, -0.15) is 0 Å². The van der Waals surface area contributed by atoms with Crippen molar-refractivity contribution < 1.29 is 9.53 Å². The first kappa shape index (κ1) is 13.6. The minimum absolute atomic E-state index is 0.0674. The SMILES string of the molecule is COc1ccc(C(C)=O)cc1CSc1ccncc1. The Morgan fingerprint density at radius 1 is 1.26 bits per heavy atom. The summed E-state index contributed by atoms with van der Waals surface area (Å²) in [7, 11) is 1.64. The fraction of sp³-hybridized carbons (Fsp3) is 0.200. The van der Waals surface area contributed by atoms with E-state index in [1.165, 1.54) is 0 Å². The van der Waals surface area contributed by atoms with Crippen molar-refractivity contribution in [2.75, 3.05) is 7.11 Å². The Labute approximate surface area is 117 Å². The molecule has 0 bridgehead atoms. The molecule has 0 radical (unpaired) electrons. The molecule has 1 heterocycles. The zero-order chi connectivity index (χ0) is 13.7. The van der Waals surface area contributed by atoms with Crippen molar-refractivity contribution in [1.29, 1.82) is 0 Å². The number of ketones is 1. The highest BCUT2D eigenvalue weighted by Crippen LogP contribution is 2.28. The van der Waals surface area contributed by atoms with Gasteiger partial charge in [0, 0.05) is 34.2 Å². The van der Waals surface area contributed by atoms with E-state index in [0.29, 0.717) is 5.56 Å². The number of aromatic nitrogens is 1. The van der Waals surface area contributed by atoms with Crippen molar-refractivity contribution in [2.45, 2.75) is 17.6 Å². The third-order valence-electron chi connectivity index (χ3n) is 2.73. The zero-order valence-electron chi connectivity index (χ0n) is 10.9. The molecule has 19 heavy (non-hydrogen) atoms. The molecule has 2 rings (SSSR count). The third kappa shape index (κ3) is 3.58. The molecule has 0 aliphatic heterocycles. The first-order valence-electron chi connectivity index (χ1n) is 5.91. The number of ether oxygens (including phenoxy) is 1. The lowest BCUT2D eigenvalue weighted by molar-refractivity contribution is 0.101. The monoisotopic (exact) mass is 273 g/mol. The Balaban J connectivity index is 2.18. The molecular formula is C15H15NO2S. The average Bonchev–Trinajstić information content (AvgIpc) is 2.45. The summed E-state index contributed by atoms with van der Waals surface area (Å²) in [5, 5.41) is 0. The minimum atomic E-state index is 0.0674. The number of nitrogens with zero attached hydrogens (tertiary/aromatic N) is 1. The molecule has 0 atom stereocenters. The molecule has 0 N–H and O–H groups in total. The maximum Gasteiger partial charge on any atom is 0.159 e. The Morgan fingerprint density at radius 3 is 2.63 bits per heavy atom. The van der Waals surface area contributed by atoms with Gasteiger partial charge in [-0.15, -0.1) is 11.8 Å². The lowest BCUT2D eigenvalue weighted by Gasteiger charge is -2.09. The maximum absolute atomic E-state index is 11.4. The lowest BCUT2D eigenvalue weighted by atomic mass is 10.1. The van der Waals surface area contributed by atoms with Crippen LogP contribution < -0.4 is 4.74 Å². The van der Waals surface area contributed by atoms with Crippen LogP contribution in [0.2, 0.25) is 0 Å². The fourth-order valence-corrected chi connectivity index (χ4v) is 2.57. The van der Waals surface area contributed by atoms with Crippen LogP contribution in [0, 0.1) is 0 Å². The number of Topliss-reactive ketones (excluding diaryl/α,β-unsaturated/α-hetero) is 1. The predicted molar refractivity (Wildman–Crippen MR) is 76.8 cm³/mol. The summed E-state index contributed by atoms with van der Waals surface area (Å²) in [5.41, 5.74) is 1.74. The topological polar surface area (TPSA) is 39.2 Å². The molecule has 98 valence electrons. The second-order valence-corrected chi connectivity index (χ2v) is 5.10. The number of rotatable bonds is 5. The molecule has 0 unspecified atom stereocenters. The van der Waals surface area contributed by atoms with Crippen LogP contribution >= 0.6 is 11.8 Å². The molecule has 0 aliphatic rings. The molecule has 0 saturated heterocycles. The van der Waals surface area contributed by atoms with E-state index >= 15 is 0 Å². The Bertz CT molecular complexity index is 570. The Kier molecular flexibility index (Phi) is 4.58. The van der Waals surface area contributed by atoms with Crippen molar-refractivity contribution in [1.82, 2.24) is 4.98 Å². The van der Waals surface area contributed by atoms with Gasteiger partial charge >= 0.3 is 0 Å². The van der Waals surface area contributed by atoms with Gasteiger partial charge in [0.1, 0.15) is 5.75 Å². The smallest absolute Gasteiger partial charge is 0.159 e. The maximum atomic E-state index is 11.4. The highest BCUT2D eigenvalue weighted by atomic mass is 32.2. The van der Waals surface area contributed by atoms with Gasteiger partial charge in [0.25, 0.3) is 0 Å². The van der Waals surface area contributed by atoms with Crippen molar-refractivity contribution in [2.24, 2.45) is 0 Å². The highest BCUT2D eigenvalue weighted by molar-refractivity contribution is 7.98. The van der Waals surface area contributed by atoms with Gasteiger partial charge in [0.2, 0.25) is 0 Å². The third-order valence-corrected chi connectivity index (χ3v) is 3.79. The van der Waals surface area contributed by atoms with Crippen LogP contribution in [0.1, 0.15) is 22.8 Å². The van der Waals surface area contributed by atoms with Gasteiger partial charge in [0.15, 0.2) is 5.78 Å². The minimum Gasteiger partial charge on any atom is -0.496 e. The normalized spacial score (nSPS) is 10.2. The van der Waals surface area contributed by atoms with E-state index in [-0.39, 0.29) is 5.78 Å². The van der Waals surface area contributed by atoms with Gasteiger partial charge in [-0.05, 0) is 37.3 Å². The van der Waals surface area contributed by atoms with E-state index < -0.39 is 0 Å².